The predicted molar refractivity (Wildman–Crippen MR) is 88.1 cm³/mol. The number of methoxy groups -OCH3 is 3. The van der Waals surface area contributed by atoms with Crippen molar-refractivity contribution < 1.29 is 22.6 Å². The molecule has 0 saturated heterocycles. The Hall–Kier alpha value is -2.41. The Balaban J connectivity index is 2.50. The van der Waals surface area contributed by atoms with E-state index in [1.807, 2.05) is 0 Å². The Morgan fingerprint density at radius 2 is 1.52 bits per heavy atom. The number of hydrogen-bond acceptors (Lipinski definition) is 5. The van der Waals surface area contributed by atoms with E-state index in [0.717, 1.165) is 0 Å². The second kappa shape index (κ2) is 6.78. The standard InChI is InChI=1S/C16H19NO5S/c1-11-13(20-2)9-10-15(16(11)22-4)23(18,19)17-12-7-5-6-8-14(12)21-3/h5-10,17H,1-4H3. The highest BCUT2D eigenvalue weighted by Gasteiger charge is 2.23. The molecule has 0 heterocycles. The summed E-state index contributed by atoms with van der Waals surface area (Å²) in [5, 5.41) is 0. The lowest BCUT2D eigenvalue weighted by atomic mass is 10.2. The van der Waals surface area contributed by atoms with Gasteiger partial charge in [-0.15, -0.1) is 0 Å². The Morgan fingerprint density at radius 3 is 2.13 bits per heavy atom. The van der Waals surface area contributed by atoms with Crippen LogP contribution in [0.2, 0.25) is 0 Å². The molecule has 0 aliphatic rings. The molecule has 2 aromatic rings. The van der Waals surface area contributed by atoms with E-state index in [2.05, 4.69) is 4.72 Å². The minimum atomic E-state index is -3.85. The largest absolute Gasteiger partial charge is 0.496 e. The third-order valence-corrected chi connectivity index (χ3v) is 4.77. The second-order valence-electron chi connectivity index (χ2n) is 4.73. The smallest absolute Gasteiger partial charge is 0.265 e. The van der Waals surface area contributed by atoms with Crippen LogP contribution in [-0.2, 0) is 10.0 Å². The van der Waals surface area contributed by atoms with Gasteiger partial charge >= 0.3 is 0 Å². The molecule has 0 bridgehead atoms. The van der Waals surface area contributed by atoms with E-state index in [1.54, 1.807) is 37.3 Å². The number of ether oxygens (including phenoxy) is 3. The molecule has 2 aromatic carbocycles. The fraction of sp³-hybridized carbons (Fsp3) is 0.250. The van der Waals surface area contributed by atoms with Gasteiger partial charge in [0.1, 0.15) is 22.1 Å². The van der Waals surface area contributed by atoms with Gasteiger partial charge < -0.3 is 14.2 Å². The summed E-state index contributed by atoms with van der Waals surface area (Å²) in [6.45, 7) is 1.74. The first-order valence-electron chi connectivity index (χ1n) is 6.82. The van der Waals surface area contributed by atoms with Crippen molar-refractivity contribution in [3.05, 3.63) is 42.0 Å². The van der Waals surface area contributed by atoms with Crippen LogP contribution in [0.25, 0.3) is 0 Å². The van der Waals surface area contributed by atoms with Gasteiger partial charge in [0.25, 0.3) is 10.0 Å². The molecule has 6 nitrogen and oxygen atoms in total. The van der Waals surface area contributed by atoms with Crippen LogP contribution in [0.5, 0.6) is 17.2 Å². The SMILES string of the molecule is COc1ccccc1NS(=O)(=O)c1ccc(OC)c(C)c1OC. The number of anilines is 1. The molecular formula is C16H19NO5S. The van der Waals surface area contributed by atoms with Crippen molar-refractivity contribution in [3.63, 3.8) is 0 Å². The van der Waals surface area contributed by atoms with Crippen LogP contribution < -0.4 is 18.9 Å². The topological polar surface area (TPSA) is 73.9 Å². The summed E-state index contributed by atoms with van der Waals surface area (Å²) >= 11 is 0. The molecule has 0 aliphatic carbocycles. The van der Waals surface area contributed by atoms with Gasteiger partial charge in [-0.2, -0.15) is 0 Å². The summed E-state index contributed by atoms with van der Waals surface area (Å²) in [4.78, 5) is 0.0317. The normalized spacial score (nSPS) is 11.0. The zero-order valence-electron chi connectivity index (χ0n) is 13.4. The minimum Gasteiger partial charge on any atom is -0.496 e. The lowest BCUT2D eigenvalue weighted by molar-refractivity contribution is 0.380. The van der Waals surface area contributed by atoms with Gasteiger partial charge in [0, 0.05) is 5.56 Å². The zero-order valence-corrected chi connectivity index (χ0v) is 14.2. The second-order valence-corrected chi connectivity index (χ2v) is 6.38. The summed E-state index contributed by atoms with van der Waals surface area (Å²) in [6, 6.07) is 9.82. The fourth-order valence-corrected chi connectivity index (χ4v) is 3.56. The molecule has 0 fully saturated rings. The number of benzene rings is 2. The average molecular weight is 337 g/mol. The zero-order chi connectivity index (χ0) is 17.0. The van der Waals surface area contributed by atoms with E-state index >= 15 is 0 Å². The fourth-order valence-electron chi connectivity index (χ4n) is 2.26. The maximum Gasteiger partial charge on any atom is 0.265 e. The van der Waals surface area contributed by atoms with Crippen LogP contribution in [0.1, 0.15) is 5.56 Å². The van der Waals surface area contributed by atoms with Crippen LogP contribution in [0.15, 0.2) is 41.3 Å². The third-order valence-electron chi connectivity index (χ3n) is 3.38. The van der Waals surface area contributed by atoms with Crippen molar-refractivity contribution in [2.45, 2.75) is 11.8 Å². The number of para-hydroxylation sites is 2. The molecule has 0 aliphatic heterocycles. The molecule has 0 spiro atoms. The first kappa shape index (κ1) is 17.0. The van der Waals surface area contributed by atoms with Gasteiger partial charge in [0.05, 0.1) is 27.0 Å². The number of nitrogens with one attached hydrogen (secondary N) is 1. The van der Waals surface area contributed by atoms with Gasteiger partial charge in [-0.25, -0.2) is 8.42 Å². The van der Waals surface area contributed by atoms with E-state index in [1.165, 1.54) is 27.4 Å². The highest BCUT2D eigenvalue weighted by atomic mass is 32.2. The summed E-state index contributed by atoms with van der Waals surface area (Å²) < 4.78 is 43.6. The summed E-state index contributed by atoms with van der Waals surface area (Å²) in [5.74, 6) is 1.23. The lowest BCUT2D eigenvalue weighted by Crippen LogP contribution is -2.15. The summed E-state index contributed by atoms with van der Waals surface area (Å²) in [5.41, 5.74) is 0.962. The number of hydrogen-bond donors (Lipinski definition) is 1. The van der Waals surface area contributed by atoms with E-state index in [0.29, 0.717) is 22.7 Å². The quantitative estimate of drug-likeness (QED) is 0.877. The van der Waals surface area contributed by atoms with Crippen LogP contribution in [-0.4, -0.2) is 29.7 Å². The van der Waals surface area contributed by atoms with Crippen molar-refractivity contribution in [2.75, 3.05) is 26.1 Å². The molecule has 0 atom stereocenters. The Morgan fingerprint density at radius 1 is 0.870 bits per heavy atom. The van der Waals surface area contributed by atoms with Gasteiger partial charge in [0.2, 0.25) is 0 Å². The first-order chi connectivity index (χ1) is 10.9. The Bertz CT molecular complexity index is 802. The summed E-state index contributed by atoms with van der Waals surface area (Å²) in [6.07, 6.45) is 0. The molecular weight excluding hydrogens is 318 g/mol. The highest BCUT2D eigenvalue weighted by Crippen LogP contribution is 2.35. The number of sulfonamides is 1. The molecule has 7 heteroatoms. The maximum absolute atomic E-state index is 12.7. The van der Waals surface area contributed by atoms with Crippen molar-refractivity contribution in [1.29, 1.82) is 0 Å². The van der Waals surface area contributed by atoms with Gasteiger partial charge in [-0.3, -0.25) is 4.72 Å². The highest BCUT2D eigenvalue weighted by molar-refractivity contribution is 7.92. The van der Waals surface area contributed by atoms with Gasteiger partial charge in [-0.1, -0.05) is 12.1 Å². The molecule has 2 rings (SSSR count). The average Bonchev–Trinajstić information content (AvgIpc) is 2.54. The van der Waals surface area contributed by atoms with Crippen LogP contribution in [0.3, 0.4) is 0 Å². The lowest BCUT2D eigenvalue weighted by Gasteiger charge is -2.16. The maximum atomic E-state index is 12.7. The third kappa shape index (κ3) is 3.34. The molecule has 0 aromatic heterocycles. The van der Waals surface area contributed by atoms with Crippen molar-refractivity contribution in [3.8, 4) is 17.2 Å². The molecule has 1 N–H and O–H groups in total. The molecule has 0 radical (unpaired) electrons. The Kier molecular flexibility index (Phi) is 5.00. The van der Waals surface area contributed by atoms with Crippen molar-refractivity contribution >= 4 is 15.7 Å². The van der Waals surface area contributed by atoms with E-state index in [9.17, 15) is 8.42 Å². The predicted octanol–water partition coefficient (Wildman–Crippen LogP) is 2.82. The number of rotatable bonds is 6. The first-order valence-corrected chi connectivity index (χ1v) is 8.30. The van der Waals surface area contributed by atoms with E-state index in [4.69, 9.17) is 14.2 Å². The van der Waals surface area contributed by atoms with Crippen LogP contribution in [0, 0.1) is 6.92 Å². The molecule has 124 valence electrons. The van der Waals surface area contributed by atoms with Crippen LogP contribution >= 0.6 is 0 Å². The molecule has 0 amide bonds. The molecule has 0 unspecified atom stereocenters. The monoisotopic (exact) mass is 337 g/mol. The minimum absolute atomic E-state index is 0.0317. The van der Waals surface area contributed by atoms with Crippen molar-refractivity contribution in [2.24, 2.45) is 0 Å². The molecule has 0 saturated carbocycles. The Labute approximate surface area is 136 Å². The molecule has 23 heavy (non-hydrogen) atoms. The van der Waals surface area contributed by atoms with Crippen molar-refractivity contribution in [1.82, 2.24) is 0 Å². The van der Waals surface area contributed by atoms with Gasteiger partial charge in [0.15, 0.2) is 0 Å². The van der Waals surface area contributed by atoms with E-state index < -0.39 is 10.0 Å². The summed E-state index contributed by atoms with van der Waals surface area (Å²) in [7, 11) is 0.568. The van der Waals surface area contributed by atoms with E-state index in [-0.39, 0.29) is 10.6 Å². The van der Waals surface area contributed by atoms with Gasteiger partial charge in [-0.05, 0) is 31.2 Å². The van der Waals surface area contributed by atoms with Crippen LogP contribution in [0.4, 0.5) is 5.69 Å².